The molecule has 0 fully saturated rings. The lowest BCUT2D eigenvalue weighted by Crippen LogP contribution is -2.31. The topological polar surface area (TPSA) is 66.8 Å². The number of hydrogen-bond acceptors (Lipinski definition) is 4. The van der Waals surface area contributed by atoms with Gasteiger partial charge in [0.2, 0.25) is 0 Å². The smallest absolute Gasteiger partial charge is 0.340 e. The fourth-order valence-electron chi connectivity index (χ4n) is 2.88. The van der Waals surface area contributed by atoms with Gasteiger partial charge in [-0.05, 0) is 48.9 Å². The first kappa shape index (κ1) is 18.1. The fourth-order valence-corrected chi connectivity index (χ4v) is 3.30. The molecule has 0 aliphatic carbocycles. The summed E-state index contributed by atoms with van der Waals surface area (Å²) in [6, 6.07) is 11.4. The molecule has 2 aromatic carbocycles. The zero-order valence-corrected chi connectivity index (χ0v) is 15.4. The molecule has 5 nitrogen and oxygen atoms in total. The summed E-state index contributed by atoms with van der Waals surface area (Å²) in [6.07, 6.45) is 0. The van der Waals surface area contributed by atoms with Crippen molar-refractivity contribution in [3.05, 3.63) is 75.7 Å². The van der Waals surface area contributed by atoms with Crippen LogP contribution in [0.2, 0.25) is 0 Å². The van der Waals surface area contributed by atoms with E-state index in [1.165, 1.54) is 29.2 Å². The molecule has 1 aliphatic heterocycles. The van der Waals surface area contributed by atoms with Gasteiger partial charge in [-0.3, -0.25) is 9.69 Å². The standard InChI is InChI=1S/C19H15BrFNO4/c1-2-26-19(25)15-16(11-4-3-5-12(20)10-11)22(18(24)17(15)23)14-8-6-13(21)7-9-14/h3-10,16,23H,2H2,1H3. The van der Waals surface area contributed by atoms with Gasteiger partial charge in [0.15, 0.2) is 5.76 Å². The molecule has 2 aromatic rings. The molecule has 1 heterocycles. The van der Waals surface area contributed by atoms with Crippen LogP contribution in [0.25, 0.3) is 0 Å². The molecule has 0 spiro atoms. The summed E-state index contributed by atoms with van der Waals surface area (Å²) in [4.78, 5) is 26.3. The maximum atomic E-state index is 13.3. The van der Waals surface area contributed by atoms with E-state index in [4.69, 9.17) is 4.74 Å². The number of rotatable bonds is 4. The molecule has 0 aromatic heterocycles. The zero-order chi connectivity index (χ0) is 18.8. The summed E-state index contributed by atoms with van der Waals surface area (Å²) in [7, 11) is 0. The lowest BCUT2D eigenvalue weighted by molar-refractivity contribution is -0.139. The number of esters is 1. The number of halogens is 2. The number of carbonyl (C=O) groups excluding carboxylic acids is 2. The molecule has 3 rings (SSSR count). The minimum absolute atomic E-state index is 0.103. The quantitative estimate of drug-likeness (QED) is 0.758. The van der Waals surface area contributed by atoms with E-state index in [2.05, 4.69) is 15.9 Å². The van der Waals surface area contributed by atoms with Crippen molar-refractivity contribution in [2.75, 3.05) is 11.5 Å². The van der Waals surface area contributed by atoms with Gasteiger partial charge in [-0.25, -0.2) is 9.18 Å². The summed E-state index contributed by atoms with van der Waals surface area (Å²) in [6.45, 7) is 1.74. The van der Waals surface area contributed by atoms with Gasteiger partial charge in [0.1, 0.15) is 11.4 Å². The van der Waals surface area contributed by atoms with E-state index >= 15 is 0 Å². The molecule has 134 valence electrons. The third-order valence-electron chi connectivity index (χ3n) is 3.97. The van der Waals surface area contributed by atoms with Crippen LogP contribution in [0, 0.1) is 5.82 Å². The van der Waals surface area contributed by atoms with Crippen molar-refractivity contribution in [1.82, 2.24) is 0 Å². The predicted octanol–water partition coefficient (Wildman–Crippen LogP) is 4.05. The third kappa shape index (κ3) is 3.22. The minimum Gasteiger partial charge on any atom is -0.503 e. The molecule has 26 heavy (non-hydrogen) atoms. The van der Waals surface area contributed by atoms with Crippen molar-refractivity contribution in [1.29, 1.82) is 0 Å². The molecule has 0 saturated carbocycles. The van der Waals surface area contributed by atoms with Crippen molar-refractivity contribution < 1.29 is 23.8 Å². The van der Waals surface area contributed by atoms with Gasteiger partial charge < -0.3 is 9.84 Å². The lowest BCUT2D eigenvalue weighted by atomic mass is 9.99. The monoisotopic (exact) mass is 419 g/mol. The Morgan fingerprint density at radius 1 is 1.27 bits per heavy atom. The molecular formula is C19H15BrFNO4. The van der Waals surface area contributed by atoms with Crippen LogP contribution in [-0.4, -0.2) is 23.6 Å². The number of amides is 1. The average molecular weight is 420 g/mol. The third-order valence-corrected chi connectivity index (χ3v) is 4.47. The molecule has 1 atom stereocenters. The van der Waals surface area contributed by atoms with E-state index in [1.54, 1.807) is 31.2 Å². The number of nitrogens with zero attached hydrogens (tertiary/aromatic N) is 1. The molecule has 0 bridgehead atoms. The van der Waals surface area contributed by atoms with Crippen molar-refractivity contribution in [2.24, 2.45) is 0 Å². The second kappa shape index (κ2) is 7.29. The van der Waals surface area contributed by atoms with E-state index in [-0.39, 0.29) is 12.2 Å². The first-order chi connectivity index (χ1) is 12.4. The van der Waals surface area contributed by atoms with Crippen LogP contribution >= 0.6 is 15.9 Å². The summed E-state index contributed by atoms with van der Waals surface area (Å²) < 4.78 is 19.1. The maximum absolute atomic E-state index is 13.3. The number of carbonyl (C=O) groups is 2. The Kier molecular flexibility index (Phi) is 5.08. The molecule has 1 amide bonds. The molecule has 0 radical (unpaired) electrons. The maximum Gasteiger partial charge on any atom is 0.340 e. The first-order valence-corrected chi connectivity index (χ1v) is 8.68. The molecule has 0 saturated heterocycles. The number of aliphatic hydroxyl groups is 1. The molecule has 1 unspecified atom stereocenters. The highest BCUT2D eigenvalue weighted by atomic mass is 79.9. The number of aliphatic hydroxyl groups excluding tert-OH is 1. The zero-order valence-electron chi connectivity index (χ0n) is 13.8. The molecule has 1 N–H and O–H groups in total. The summed E-state index contributed by atoms with van der Waals surface area (Å²) in [5, 5.41) is 10.3. The van der Waals surface area contributed by atoms with Crippen molar-refractivity contribution in [3.63, 3.8) is 0 Å². The van der Waals surface area contributed by atoms with Crippen molar-refractivity contribution >= 4 is 33.5 Å². The fraction of sp³-hybridized carbons (Fsp3) is 0.158. The number of hydrogen-bond donors (Lipinski definition) is 1. The van der Waals surface area contributed by atoms with E-state index in [0.717, 1.165) is 4.47 Å². The normalized spacial score (nSPS) is 17.0. The lowest BCUT2D eigenvalue weighted by Gasteiger charge is -2.26. The van der Waals surface area contributed by atoms with Crippen molar-refractivity contribution in [3.8, 4) is 0 Å². The second-order valence-corrected chi connectivity index (χ2v) is 6.51. The Labute approximate surface area is 157 Å². The van der Waals surface area contributed by atoms with Gasteiger partial charge in [-0.1, -0.05) is 28.1 Å². The number of anilines is 1. The Bertz CT molecular complexity index is 895. The van der Waals surface area contributed by atoms with Crippen LogP contribution in [0.1, 0.15) is 18.5 Å². The highest BCUT2D eigenvalue weighted by molar-refractivity contribution is 9.10. The highest BCUT2D eigenvalue weighted by Crippen LogP contribution is 2.41. The van der Waals surface area contributed by atoms with Crippen LogP contribution in [-0.2, 0) is 14.3 Å². The molecule has 7 heteroatoms. The van der Waals surface area contributed by atoms with E-state index in [1.807, 2.05) is 0 Å². The average Bonchev–Trinajstić information content (AvgIpc) is 2.88. The van der Waals surface area contributed by atoms with Crippen LogP contribution in [0.4, 0.5) is 10.1 Å². The van der Waals surface area contributed by atoms with Gasteiger partial charge in [0.25, 0.3) is 5.91 Å². The SMILES string of the molecule is CCOC(=O)C1=C(O)C(=O)N(c2ccc(F)cc2)C1c1cccc(Br)c1. The summed E-state index contributed by atoms with van der Waals surface area (Å²) in [5.41, 5.74) is 0.815. The van der Waals surface area contributed by atoms with Crippen LogP contribution < -0.4 is 4.90 Å². The predicted molar refractivity (Wildman–Crippen MR) is 97.1 cm³/mol. The van der Waals surface area contributed by atoms with Gasteiger partial charge in [-0.15, -0.1) is 0 Å². The van der Waals surface area contributed by atoms with Crippen LogP contribution in [0.5, 0.6) is 0 Å². The van der Waals surface area contributed by atoms with E-state index < -0.39 is 29.5 Å². The Morgan fingerprint density at radius 3 is 2.58 bits per heavy atom. The summed E-state index contributed by atoms with van der Waals surface area (Å²) in [5.74, 6) is -2.64. The number of ether oxygens (including phenoxy) is 1. The van der Waals surface area contributed by atoms with Gasteiger partial charge in [0.05, 0.1) is 12.6 Å². The first-order valence-electron chi connectivity index (χ1n) is 7.89. The van der Waals surface area contributed by atoms with E-state index in [9.17, 15) is 19.1 Å². The minimum atomic E-state index is -0.885. The van der Waals surface area contributed by atoms with Crippen LogP contribution in [0.3, 0.4) is 0 Å². The van der Waals surface area contributed by atoms with Crippen molar-refractivity contribution in [2.45, 2.75) is 13.0 Å². The summed E-state index contributed by atoms with van der Waals surface area (Å²) >= 11 is 3.37. The Morgan fingerprint density at radius 2 is 1.96 bits per heavy atom. The Balaban J connectivity index is 2.16. The van der Waals surface area contributed by atoms with E-state index in [0.29, 0.717) is 11.3 Å². The van der Waals surface area contributed by atoms with Gasteiger partial charge in [0, 0.05) is 10.2 Å². The van der Waals surface area contributed by atoms with Gasteiger partial charge in [-0.2, -0.15) is 0 Å². The van der Waals surface area contributed by atoms with Gasteiger partial charge >= 0.3 is 5.97 Å². The molecule has 1 aliphatic rings. The van der Waals surface area contributed by atoms with Crippen LogP contribution in [0.15, 0.2) is 64.3 Å². The molecular weight excluding hydrogens is 405 g/mol. The second-order valence-electron chi connectivity index (χ2n) is 5.59. The largest absolute Gasteiger partial charge is 0.503 e. The highest BCUT2D eigenvalue weighted by Gasteiger charge is 2.45. The number of benzene rings is 2. The Hall–Kier alpha value is -2.67.